The quantitative estimate of drug-likeness (QED) is 0.192. The van der Waals surface area contributed by atoms with E-state index in [1.165, 1.54) is 0 Å². The fourth-order valence-corrected chi connectivity index (χ4v) is 1.27. The number of rotatable bonds is 8. The van der Waals surface area contributed by atoms with Crippen molar-refractivity contribution in [2.24, 2.45) is 0 Å². The number of esters is 1. The molecular weight excluding hydrogens is 264 g/mol. The third-order valence-electron chi connectivity index (χ3n) is 2.48. The summed E-state index contributed by atoms with van der Waals surface area (Å²) < 4.78 is 4.09. The molecule has 0 aliphatic rings. The first-order valence-electron chi connectivity index (χ1n) is 5.38. The van der Waals surface area contributed by atoms with E-state index in [4.69, 9.17) is 10.2 Å². The van der Waals surface area contributed by atoms with E-state index >= 15 is 0 Å². The van der Waals surface area contributed by atoms with Crippen LogP contribution in [0.5, 0.6) is 0 Å². The van der Waals surface area contributed by atoms with Crippen LogP contribution in [0.3, 0.4) is 0 Å². The molecule has 0 rings (SSSR count). The molecule has 0 fully saturated rings. The zero-order valence-corrected chi connectivity index (χ0v) is 10.2. The van der Waals surface area contributed by atoms with Gasteiger partial charge in [-0.05, 0) is 0 Å². The fraction of sp³-hybridized carbons (Fsp3) is 0.800. The molecule has 0 aromatic carbocycles. The lowest BCUT2D eigenvalue weighted by molar-refractivity contribution is -0.157. The molecule has 0 amide bonds. The van der Waals surface area contributed by atoms with Gasteiger partial charge in [-0.2, -0.15) is 0 Å². The lowest BCUT2D eigenvalue weighted by atomic mass is 9.97. The lowest BCUT2D eigenvalue weighted by Gasteiger charge is -2.28. The van der Waals surface area contributed by atoms with E-state index in [9.17, 15) is 30.0 Å². The molecule has 0 aliphatic carbocycles. The highest BCUT2D eigenvalue weighted by Crippen LogP contribution is 2.11. The Morgan fingerprint density at radius 2 is 1.42 bits per heavy atom. The van der Waals surface area contributed by atoms with Gasteiger partial charge in [0.25, 0.3) is 0 Å². The van der Waals surface area contributed by atoms with E-state index < -0.39 is 55.3 Å². The van der Waals surface area contributed by atoms with Crippen LogP contribution < -0.4 is 0 Å². The molecule has 0 aromatic heterocycles. The van der Waals surface area contributed by atoms with Crippen LogP contribution in [0.25, 0.3) is 0 Å². The van der Waals surface area contributed by atoms with E-state index in [0.717, 1.165) is 7.11 Å². The Bertz CT molecular complexity index is 305. The largest absolute Gasteiger partial charge is 0.463 e. The average molecular weight is 282 g/mol. The molecular formula is C10H18O9. The number of carbonyl (C=O) groups excluding carboxylic acids is 2. The summed E-state index contributed by atoms with van der Waals surface area (Å²) in [5.41, 5.74) is 0. The van der Waals surface area contributed by atoms with Gasteiger partial charge in [0.05, 0.1) is 19.8 Å². The second-order valence-corrected chi connectivity index (χ2v) is 3.91. The van der Waals surface area contributed by atoms with E-state index in [1.54, 1.807) is 0 Å². The number of carbonyl (C=O) groups is 2. The number of ketones is 1. The summed E-state index contributed by atoms with van der Waals surface area (Å²) in [6.07, 6.45) is -10.3. The molecule has 0 saturated heterocycles. The standard InChI is InChI=1S/C10H18O9/c1-19-10(18)5(13)2-4(12)7(15)9(17)8(16)6(14)3-11/h4,6-9,11-12,14-17H,2-3H2,1H3/t4-,6+,7+,8+,9+/m0/s1. The zero-order chi connectivity index (χ0) is 15.2. The number of hydrogen-bond donors (Lipinski definition) is 6. The van der Waals surface area contributed by atoms with Crippen LogP contribution in [0.1, 0.15) is 6.42 Å². The van der Waals surface area contributed by atoms with Crippen molar-refractivity contribution in [3.8, 4) is 0 Å². The molecule has 0 saturated carbocycles. The summed E-state index contributed by atoms with van der Waals surface area (Å²) in [6.45, 7) is -0.873. The van der Waals surface area contributed by atoms with Crippen molar-refractivity contribution in [3.63, 3.8) is 0 Å². The summed E-state index contributed by atoms with van der Waals surface area (Å²) in [5.74, 6) is -2.35. The number of methoxy groups -OCH3 is 1. The Morgan fingerprint density at radius 3 is 1.84 bits per heavy atom. The van der Waals surface area contributed by atoms with Gasteiger partial charge in [0, 0.05) is 6.42 Å². The van der Waals surface area contributed by atoms with E-state index in [-0.39, 0.29) is 0 Å². The van der Waals surface area contributed by atoms with Gasteiger partial charge in [0.15, 0.2) is 0 Å². The number of aliphatic hydroxyl groups excluding tert-OH is 6. The third-order valence-corrected chi connectivity index (χ3v) is 2.48. The third kappa shape index (κ3) is 5.19. The first kappa shape index (κ1) is 17.9. The Labute approximate surface area is 108 Å². The SMILES string of the molecule is COC(=O)C(=O)C[C@H](O)[C@@H](O)[C@@H](O)[C@H](O)[C@H](O)CO. The minimum Gasteiger partial charge on any atom is -0.463 e. The maximum atomic E-state index is 11.1. The van der Waals surface area contributed by atoms with Crippen LogP contribution in [0, 0.1) is 0 Å². The lowest BCUT2D eigenvalue weighted by Crippen LogP contribution is -2.50. The molecule has 5 atom stereocenters. The minimum absolute atomic E-state index is 0.827. The van der Waals surface area contributed by atoms with Crippen LogP contribution in [-0.4, -0.2) is 86.6 Å². The molecule has 9 heteroatoms. The van der Waals surface area contributed by atoms with Gasteiger partial charge >= 0.3 is 5.97 Å². The molecule has 0 bridgehead atoms. The topological polar surface area (TPSA) is 165 Å². The Kier molecular flexibility index (Phi) is 7.68. The van der Waals surface area contributed by atoms with Gasteiger partial charge in [0.2, 0.25) is 5.78 Å². The highest BCUT2D eigenvalue weighted by atomic mass is 16.5. The second kappa shape index (κ2) is 8.15. The summed E-state index contributed by atoms with van der Waals surface area (Å²) in [6, 6.07) is 0. The van der Waals surface area contributed by atoms with E-state index in [1.807, 2.05) is 0 Å². The van der Waals surface area contributed by atoms with Crippen LogP contribution in [0.4, 0.5) is 0 Å². The van der Waals surface area contributed by atoms with Crippen LogP contribution in [0.2, 0.25) is 0 Å². The maximum Gasteiger partial charge on any atom is 0.374 e. The summed E-state index contributed by atoms with van der Waals surface area (Å²) in [5, 5.41) is 55.1. The van der Waals surface area contributed by atoms with Crippen molar-refractivity contribution in [3.05, 3.63) is 0 Å². The Balaban J connectivity index is 4.51. The van der Waals surface area contributed by atoms with Crippen LogP contribution in [-0.2, 0) is 14.3 Å². The molecule has 0 heterocycles. The van der Waals surface area contributed by atoms with Gasteiger partial charge in [-0.25, -0.2) is 4.79 Å². The molecule has 6 N–H and O–H groups in total. The number of hydrogen-bond acceptors (Lipinski definition) is 9. The van der Waals surface area contributed by atoms with Crippen LogP contribution >= 0.6 is 0 Å². The smallest absolute Gasteiger partial charge is 0.374 e. The second-order valence-electron chi connectivity index (χ2n) is 3.91. The Hall–Kier alpha value is -1.10. The van der Waals surface area contributed by atoms with Crippen molar-refractivity contribution in [2.45, 2.75) is 36.9 Å². The molecule has 0 aromatic rings. The monoisotopic (exact) mass is 282 g/mol. The summed E-state index contributed by atoms with van der Waals surface area (Å²) in [7, 11) is 0.958. The first-order valence-corrected chi connectivity index (χ1v) is 5.38. The summed E-state index contributed by atoms with van der Waals surface area (Å²) in [4.78, 5) is 21.9. The zero-order valence-electron chi connectivity index (χ0n) is 10.2. The molecule has 19 heavy (non-hydrogen) atoms. The molecule has 9 nitrogen and oxygen atoms in total. The highest BCUT2D eigenvalue weighted by molar-refractivity contribution is 6.33. The van der Waals surface area contributed by atoms with Gasteiger partial charge in [-0.3, -0.25) is 4.79 Å². The molecule has 112 valence electrons. The predicted molar refractivity (Wildman–Crippen MR) is 58.8 cm³/mol. The molecule has 0 aliphatic heterocycles. The number of aliphatic hydroxyl groups is 6. The maximum absolute atomic E-state index is 11.1. The summed E-state index contributed by atoms with van der Waals surface area (Å²) >= 11 is 0. The molecule has 0 radical (unpaired) electrons. The Morgan fingerprint density at radius 1 is 0.947 bits per heavy atom. The normalized spacial score (nSPS) is 19.1. The predicted octanol–water partition coefficient (Wildman–Crippen LogP) is -4.08. The molecule has 0 spiro atoms. The van der Waals surface area contributed by atoms with E-state index in [2.05, 4.69) is 4.74 Å². The van der Waals surface area contributed by atoms with Crippen molar-refractivity contribution in [1.82, 2.24) is 0 Å². The van der Waals surface area contributed by atoms with Crippen molar-refractivity contribution in [2.75, 3.05) is 13.7 Å². The first-order chi connectivity index (χ1) is 8.76. The average Bonchev–Trinajstić information content (AvgIpc) is 2.42. The van der Waals surface area contributed by atoms with Crippen LogP contribution in [0.15, 0.2) is 0 Å². The van der Waals surface area contributed by atoms with Crippen molar-refractivity contribution >= 4 is 11.8 Å². The molecule has 0 unspecified atom stereocenters. The van der Waals surface area contributed by atoms with Crippen molar-refractivity contribution in [1.29, 1.82) is 0 Å². The highest BCUT2D eigenvalue weighted by Gasteiger charge is 2.35. The minimum atomic E-state index is -2.01. The number of Topliss-reactive ketones (excluding diaryl/α,β-unsaturated/α-hetero) is 1. The van der Waals surface area contributed by atoms with Crippen molar-refractivity contribution < 1.29 is 45.0 Å². The number of ether oxygens (including phenoxy) is 1. The van der Waals surface area contributed by atoms with Gasteiger partial charge in [-0.1, -0.05) is 0 Å². The van der Waals surface area contributed by atoms with Gasteiger partial charge in [-0.15, -0.1) is 0 Å². The van der Waals surface area contributed by atoms with Gasteiger partial charge < -0.3 is 35.4 Å². The fourth-order valence-electron chi connectivity index (χ4n) is 1.27. The van der Waals surface area contributed by atoms with E-state index in [0.29, 0.717) is 0 Å². The van der Waals surface area contributed by atoms with Gasteiger partial charge in [0.1, 0.15) is 24.4 Å².